The molecule has 1 aliphatic rings. The molecule has 0 saturated heterocycles. The van der Waals surface area contributed by atoms with E-state index in [-0.39, 0.29) is 17.2 Å². The Balaban J connectivity index is 1.96. The number of aliphatic imine (C=N–C) groups is 1. The Kier molecular flexibility index (Phi) is 4.31. The van der Waals surface area contributed by atoms with Gasteiger partial charge in [-0.15, -0.1) is 0 Å². The number of hydrogen-bond acceptors (Lipinski definition) is 4. The number of esters is 1. The van der Waals surface area contributed by atoms with Gasteiger partial charge in [-0.3, -0.25) is 0 Å². The van der Waals surface area contributed by atoms with Gasteiger partial charge in [-0.05, 0) is 42.0 Å². The van der Waals surface area contributed by atoms with Crippen LogP contribution in [0.5, 0.6) is 5.75 Å². The van der Waals surface area contributed by atoms with Gasteiger partial charge in [0.15, 0.2) is 5.70 Å². The molecule has 1 heterocycles. The maximum Gasteiger partial charge on any atom is 0.416 e. The van der Waals surface area contributed by atoms with Crippen LogP contribution in [0.2, 0.25) is 0 Å². The third-order valence-corrected chi connectivity index (χ3v) is 3.52. The van der Waals surface area contributed by atoms with Crippen molar-refractivity contribution in [1.29, 1.82) is 0 Å². The Morgan fingerprint density at radius 3 is 2.40 bits per heavy atom. The number of halogens is 3. The van der Waals surface area contributed by atoms with Crippen LogP contribution in [-0.4, -0.2) is 19.0 Å². The van der Waals surface area contributed by atoms with Crippen LogP contribution in [0, 0.1) is 0 Å². The summed E-state index contributed by atoms with van der Waals surface area (Å²) in [6, 6.07) is 11.5. The average Bonchev–Trinajstić information content (AvgIpc) is 2.95. The van der Waals surface area contributed by atoms with Crippen LogP contribution in [0.3, 0.4) is 0 Å². The van der Waals surface area contributed by atoms with Crippen LogP contribution >= 0.6 is 0 Å². The van der Waals surface area contributed by atoms with Crippen molar-refractivity contribution in [2.75, 3.05) is 7.11 Å². The Morgan fingerprint density at radius 2 is 1.76 bits per heavy atom. The molecule has 0 aliphatic carbocycles. The minimum Gasteiger partial charge on any atom is -0.497 e. The fraction of sp³-hybridized carbons (Fsp3) is 0.111. The highest BCUT2D eigenvalue weighted by Gasteiger charge is 2.33. The van der Waals surface area contributed by atoms with Gasteiger partial charge in [0.2, 0.25) is 5.90 Å². The largest absolute Gasteiger partial charge is 0.497 e. The lowest BCUT2D eigenvalue weighted by Gasteiger charge is -2.09. The summed E-state index contributed by atoms with van der Waals surface area (Å²) in [6.07, 6.45) is -3.46. The number of ether oxygens (including phenoxy) is 2. The molecule has 0 N–H and O–H groups in total. The molecule has 0 bridgehead atoms. The smallest absolute Gasteiger partial charge is 0.416 e. The second kappa shape index (κ2) is 6.43. The number of carbonyl (C=O) groups excluding carboxylic acids is 1. The second-order valence-corrected chi connectivity index (χ2v) is 5.15. The van der Waals surface area contributed by atoms with Gasteiger partial charge >= 0.3 is 12.1 Å². The molecular weight excluding hydrogens is 335 g/mol. The molecule has 0 fully saturated rings. The molecule has 0 atom stereocenters. The van der Waals surface area contributed by atoms with Crippen LogP contribution in [0.15, 0.2) is 59.2 Å². The highest BCUT2D eigenvalue weighted by Crippen LogP contribution is 2.33. The molecule has 2 aromatic rings. The molecule has 128 valence electrons. The standard InChI is InChI=1S/C18H12F3NO3/c1-24-13-8-6-11(7-9-13)16-22-15(17(23)25-16)10-12-4-2-3-5-14(12)18(19,20)21/h2-10H,1H3. The zero-order chi connectivity index (χ0) is 18.0. The summed E-state index contributed by atoms with van der Waals surface area (Å²) in [7, 11) is 1.51. The van der Waals surface area contributed by atoms with Gasteiger partial charge in [0.1, 0.15) is 5.75 Å². The first kappa shape index (κ1) is 16.8. The number of nitrogens with zero attached hydrogens (tertiary/aromatic N) is 1. The minimum absolute atomic E-state index is 0.0309. The van der Waals surface area contributed by atoms with Crippen molar-refractivity contribution in [2.24, 2.45) is 4.99 Å². The minimum atomic E-state index is -4.53. The zero-order valence-corrected chi connectivity index (χ0v) is 13.0. The van der Waals surface area contributed by atoms with E-state index >= 15 is 0 Å². The Morgan fingerprint density at radius 1 is 1.08 bits per heavy atom. The van der Waals surface area contributed by atoms with Gasteiger partial charge < -0.3 is 9.47 Å². The molecule has 0 aromatic heterocycles. The van der Waals surface area contributed by atoms with Crippen molar-refractivity contribution < 1.29 is 27.4 Å². The van der Waals surface area contributed by atoms with Gasteiger partial charge in [0, 0.05) is 5.56 Å². The quantitative estimate of drug-likeness (QED) is 0.621. The molecule has 7 heteroatoms. The molecule has 2 aromatic carbocycles. The number of benzene rings is 2. The van der Waals surface area contributed by atoms with E-state index in [2.05, 4.69) is 4.99 Å². The lowest BCUT2D eigenvalue weighted by atomic mass is 10.1. The number of carbonyl (C=O) groups is 1. The summed E-state index contributed by atoms with van der Waals surface area (Å²) in [5.74, 6) is -0.158. The fourth-order valence-corrected chi connectivity index (χ4v) is 2.29. The normalized spacial score (nSPS) is 15.9. The van der Waals surface area contributed by atoms with Crippen LogP contribution in [0.25, 0.3) is 6.08 Å². The zero-order valence-electron chi connectivity index (χ0n) is 13.0. The van der Waals surface area contributed by atoms with Crippen molar-refractivity contribution in [1.82, 2.24) is 0 Å². The summed E-state index contributed by atoms with van der Waals surface area (Å²) in [6.45, 7) is 0. The molecule has 0 radical (unpaired) electrons. The number of cyclic esters (lactones) is 1. The van der Waals surface area contributed by atoms with E-state index in [1.54, 1.807) is 24.3 Å². The van der Waals surface area contributed by atoms with Gasteiger partial charge in [0.25, 0.3) is 0 Å². The van der Waals surface area contributed by atoms with Crippen molar-refractivity contribution in [3.63, 3.8) is 0 Å². The molecule has 0 amide bonds. The summed E-state index contributed by atoms with van der Waals surface area (Å²) >= 11 is 0. The maximum atomic E-state index is 13.0. The van der Waals surface area contributed by atoms with Crippen molar-refractivity contribution >= 4 is 17.9 Å². The van der Waals surface area contributed by atoms with E-state index < -0.39 is 17.7 Å². The topological polar surface area (TPSA) is 47.9 Å². The molecular formula is C18H12F3NO3. The van der Waals surface area contributed by atoms with Crippen LogP contribution < -0.4 is 4.74 Å². The molecule has 25 heavy (non-hydrogen) atoms. The molecule has 0 saturated carbocycles. The van der Waals surface area contributed by atoms with E-state index in [4.69, 9.17) is 9.47 Å². The molecule has 1 aliphatic heterocycles. The third kappa shape index (κ3) is 3.55. The lowest BCUT2D eigenvalue weighted by Crippen LogP contribution is -2.08. The first-order valence-corrected chi connectivity index (χ1v) is 7.21. The van der Waals surface area contributed by atoms with Gasteiger partial charge in [-0.2, -0.15) is 13.2 Å². The van der Waals surface area contributed by atoms with E-state index in [0.717, 1.165) is 12.1 Å². The highest BCUT2D eigenvalue weighted by atomic mass is 19.4. The molecule has 4 nitrogen and oxygen atoms in total. The maximum absolute atomic E-state index is 13.0. The van der Waals surface area contributed by atoms with E-state index in [1.165, 1.54) is 25.3 Å². The third-order valence-electron chi connectivity index (χ3n) is 3.52. The SMILES string of the molecule is COc1ccc(C2=NC(=Cc3ccccc3C(F)(F)F)C(=O)O2)cc1. The monoisotopic (exact) mass is 347 g/mol. The fourth-order valence-electron chi connectivity index (χ4n) is 2.29. The first-order chi connectivity index (χ1) is 11.9. The summed E-state index contributed by atoms with van der Waals surface area (Å²) in [5.41, 5.74) is -0.672. The number of rotatable bonds is 3. The van der Waals surface area contributed by atoms with E-state index in [9.17, 15) is 18.0 Å². The summed E-state index contributed by atoms with van der Waals surface area (Å²) < 4.78 is 49.2. The van der Waals surface area contributed by atoms with Crippen LogP contribution in [-0.2, 0) is 15.7 Å². The Labute approximate surface area is 141 Å². The van der Waals surface area contributed by atoms with Gasteiger partial charge in [0.05, 0.1) is 12.7 Å². The second-order valence-electron chi connectivity index (χ2n) is 5.15. The van der Waals surface area contributed by atoms with Crippen LogP contribution in [0.4, 0.5) is 13.2 Å². The van der Waals surface area contributed by atoms with Crippen LogP contribution in [0.1, 0.15) is 16.7 Å². The highest BCUT2D eigenvalue weighted by molar-refractivity contribution is 6.12. The van der Waals surface area contributed by atoms with E-state index in [0.29, 0.717) is 11.3 Å². The Hall–Kier alpha value is -3.09. The molecule has 0 spiro atoms. The number of alkyl halides is 3. The summed E-state index contributed by atoms with van der Waals surface area (Å²) in [4.78, 5) is 15.9. The molecule has 3 rings (SSSR count). The number of hydrogen-bond donors (Lipinski definition) is 0. The molecule has 0 unspecified atom stereocenters. The van der Waals surface area contributed by atoms with Crippen molar-refractivity contribution in [3.8, 4) is 5.75 Å². The number of methoxy groups -OCH3 is 1. The predicted molar refractivity (Wildman–Crippen MR) is 85.0 cm³/mol. The van der Waals surface area contributed by atoms with Gasteiger partial charge in [-0.1, -0.05) is 18.2 Å². The predicted octanol–water partition coefficient (Wildman–Crippen LogP) is 4.06. The average molecular weight is 347 g/mol. The van der Waals surface area contributed by atoms with Crippen molar-refractivity contribution in [2.45, 2.75) is 6.18 Å². The van der Waals surface area contributed by atoms with Gasteiger partial charge in [-0.25, -0.2) is 9.79 Å². The first-order valence-electron chi connectivity index (χ1n) is 7.21. The summed E-state index contributed by atoms with van der Waals surface area (Å²) in [5, 5.41) is 0. The Bertz CT molecular complexity index is 868. The van der Waals surface area contributed by atoms with Crippen molar-refractivity contribution in [3.05, 3.63) is 70.9 Å². The van der Waals surface area contributed by atoms with E-state index in [1.807, 2.05) is 0 Å². The lowest BCUT2D eigenvalue weighted by molar-refractivity contribution is -0.137.